The Morgan fingerprint density at radius 2 is 2.08 bits per heavy atom. The number of likely N-dealkylation sites (tertiary alicyclic amines) is 1. The van der Waals surface area contributed by atoms with Gasteiger partial charge in [-0.25, -0.2) is 4.39 Å². The Kier molecular flexibility index (Phi) is 5.24. The standard InChI is InChI=1S/C20H28FNO2/c1-2-20(24)12-4-6-16-13-22(14-18(16)20)19(23)7-3-5-15-8-10-17(21)11-9-15/h8-11,16,18,24H,2-7,12-14H2,1H3/t16-,18+,20-/m1/s1. The smallest absolute Gasteiger partial charge is 0.222 e. The molecule has 2 aliphatic rings. The lowest BCUT2D eigenvalue weighted by Gasteiger charge is -2.40. The van der Waals surface area contributed by atoms with Crippen molar-refractivity contribution in [3.8, 4) is 0 Å². The van der Waals surface area contributed by atoms with Gasteiger partial charge in [0.1, 0.15) is 5.82 Å². The molecule has 132 valence electrons. The molecule has 0 radical (unpaired) electrons. The third-order valence-corrected chi connectivity index (χ3v) is 6.05. The van der Waals surface area contributed by atoms with Crippen LogP contribution >= 0.6 is 0 Å². The van der Waals surface area contributed by atoms with Gasteiger partial charge in [-0.15, -0.1) is 0 Å². The van der Waals surface area contributed by atoms with E-state index in [0.29, 0.717) is 18.9 Å². The summed E-state index contributed by atoms with van der Waals surface area (Å²) in [7, 11) is 0. The molecule has 1 saturated carbocycles. The summed E-state index contributed by atoms with van der Waals surface area (Å²) in [6, 6.07) is 6.50. The van der Waals surface area contributed by atoms with Gasteiger partial charge in [0.15, 0.2) is 0 Å². The van der Waals surface area contributed by atoms with E-state index < -0.39 is 5.60 Å². The van der Waals surface area contributed by atoms with Crippen LogP contribution in [0.15, 0.2) is 24.3 Å². The van der Waals surface area contributed by atoms with Crippen LogP contribution in [-0.2, 0) is 11.2 Å². The van der Waals surface area contributed by atoms with Gasteiger partial charge in [-0.05, 0) is 55.7 Å². The molecule has 1 amide bonds. The Balaban J connectivity index is 1.50. The molecule has 2 fully saturated rings. The lowest BCUT2D eigenvalue weighted by atomic mass is 9.69. The number of benzene rings is 1. The fourth-order valence-corrected chi connectivity index (χ4v) is 4.52. The minimum absolute atomic E-state index is 0.199. The molecule has 0 unspecified atom stereocenters. The maximum absolute atomic E-state index is 12.9. The zero-order chi connectivity index (χ0) is 17.2. The highest BCUT2D eigenvalue weighted by Gasteiger charge is 2.48. The van der Waals surface area contributed by atoms with E-state index >= 15 is 0 Å². The molecular formula is C20H28FNO2. The molecule has 0 aromatic heterocycles. The molecule has 0 spiro atoms. The normalized spacial score (nSPS) is 29.5. The van der Waals surface area contributed by atoms with Gasteiger partial charge in [-0.1, -0.05) is 25.5 Å². The third-order valence-electron chi connectivity index (χ3n) is 6.05. The molecule has 3 nitrogen and oxygen atoms in total. The topological polar surface area (TPSA) is 40.5 Å². The Labute approximate surface area is 143 Å². The molecule has 3 atom stereocenters. The van der Waals surface area contributed by atoms with Crippen molar-refractivity contribution in [1.82, 2.24) is 4.90 Å². The average Bonchev–Trinajstić information content (AvgIpc) is 3.03. The highest BCUT2D eigenvalue weighted by atomic mass is 19.1. The number of halogens is 1. The molecule has 1 aromatic rings. The molecule has 4 heteroatoms. The minimum atomic E-state index is -0.577. The number of hydrogen-bond donors (Lipinski definition) is 1. The first kappa shape index (κ1) is 17.4. The first-order chi connectivity index (χ1) is 11.5. The molecule has 3 rings (SSSR count). The molecule has 24 heavy (non-hydrogen) atoms. The summed E-state index contributed by atoms with van der Waals surface area (Å²) >= 11 is 0. The van der Waals surface area contributed by atoms with Crippen molar-refractivity contribution in [1.29, 1.82) is 0 Å². The Morgan fingerprint density at radius 3 is 2.79 bits per heavy atom. The van der Waals surface area contributed by atoms with Gasteiger partial charge in [0.2, 0.25) is 5.91 Å². The van der Waals surface area contributed by atoms with E-state index in [4.69, 9.17) is 0 Å². The summed E-state index contributed by atoms with van der Waals surface area (Å²) in [5.74, 6) is 0.685. The quantitative estimate of drug-likeness (QED) is 0.895. The first-order valence-corrected chi connectivity index (χ1v) is 9.26. The molecule has 1 N–H and O–H groups in total. The zero-order valence-electron chi connectivity index (χ0n) is 14.5. The van der Waals surface area contributed by atoms with Crippen molar-refractivity contribution in [3.63, 3.8) is 0 Å². The summed E-state index contributed by atoms with van der Waals surface area (Å²) in [5, 5.41) is 10.8. The monoisotopic (exact) mass is 333 g/mol. The second kappa shape index (κ2) is 7.22. The third kappa shape index (κ3) is 3.64. The summed E-state index contributed by atoms with van der Waals surface area (Å²) in [6.45, 7) is 3.57. The maximum atomic E-state index is 12.9. The van der Waals surface area contributed by atoms with Crippen LogP contribution in [0.4, 0.5) is 4.39 Å². The van der Waals surface area contributed by atoms with E-state index in [1.807, 2.05) is 4.90 Å². The number of nitrogens with zero attached hydrogens (tertiary/aromatic N) is 1. The number of hydrogen-bond acceptors (Lipinski definition) is 2. The highest BCUT2D eigenvalue weighted by molar-refractivity contribution is 5.76. The Morgan fingerprint density at radius 1 is 1.33 bits per heavy atom. The molecule has 1 aromatic carbocycles. The fourth-order valence-electron chi connectivity index (χ4n) is 4.52. The molecular weight excluding hydrogens is 305 g/mol. The van der Waals surface area contributed by atoms with Gasteiger partial charge in [0.25, 0.3) is 0 Å². The van der Waals surface area contributed by atoms with E-state index in [1.54, 1.807) is 12.1 Å². The number of fused-ring (bicyclic) bond motifs is 1. The number of carbonyl (C=O) groups excluding carboxylic acids is 1. The van der Waals surface area contributed by atoms with Crippen LogP contribution in [0.2, 0.25) is 0 Å². The summed E-state index contributed by atoms with van der Waals surface area (Å²) in [5.41, 5.74) is 0.492. The number of amides is 1. The minimum Gasteiger partial charge on any atom is -0.390 e. The van der Waals surface area contributed by atoms with Crippen LogP contribution in [0.1, 0.15) is 51.0 Å². The SMILES string of the molecule is CC[C@@]1(O)CCC[C@@H]2CN(C(=O)CCCc3ccc(F)cc3)C[C@@H]21. The van der Waals surface area contributed by atoms with Gasteiger partial charge < -0.3 is 10.0 Å². The number of aryl methyl sites for hydroxylation is 1. The van der Waals surface area contributed by atoms with E-state index in [1.165, 1.54) is 12.1 Å². The maximum Gasteiger partial charge on any atom is 0.222 e. The predicted octanol–water partition coefficient (Wildman–Crippen LogP) is 3.55. The van der Waals surface area contributed by atoms with E-state index in [2.05, 4.69) is 6.92 Å². The van der Waals surface area contributed by atoms with Crippen LogP contribution in [0.25, 0.3) is 0 Å². The van der Waals surface area contributed by atoms with Crippen LogP contribution in [0.5, 0.6) is 0 Å². The lowest BCUT2D eigenvalue weighted by molar-refractivity contribution is -0.130. The van der Waals surface area contributed by atoms with Crippen molar-refractivity contribution in [3.05, 3.63) is 35.6 Å². The molecule has 1 aliphatic heterocycles. The molecule has 1 heterocycles. The van der Waals surface area contributed by atoms with Crippen LogP contribution in [-0.4, -0.2) is 34.6 Å². The van der Waals surface area contributed by atoms with E-state index in [9.17, 15) is 14.3 Å². The molecule has 1 saturated heterocycles. The largest absolute Gasteiger partial charge is 0.390 e. The van der Waals surface area contributed by atoms with Crippen molar-refractivity contribution >= 4 is 5.91 Å². The van der Waals surface area contributed by atoms with Gasteiger partial charge in [0.05, 0.1) is 5.60 Å². The van der Waals surface area contributed by atoms with E-state index in [0.717, 1.165) is 50.6 Å². The molecule has 1 aliphatic carbocycles. The van der Waals surface area contributed by atoms with Crippen LogP contribution in [0, 0.1) is 17.7 Å². The summed E-state index contributed by atoms with van der Waals surface area (Å²) in [4.78, 5) is 14.5. The fraction of sp³-hybridized carbons (Fsp3) is 0.650. The summed E-state index contributed by atoms with van der Waals surface area (Å²) < 4.78 is 12.9. The number of carbonyl (C=O) groups is 1. The average molecular weight is 333 g/mol. The van der Waals surface area contributed by atoms with Gasteiger partial charge in [-0.2, -0.15) is 0 Å². The Hall–Kier alpha value is -1.42. The zero-order valence-corrected chi connectivity index (χ0v) is 14.5. The summed E-state index contributed by atoms with van der Waals surface area (Å²) in [6.07, 6.45) is 5.96. The van der Waals surface area contributed by atoms with Crippen LogP contribution < -0.4 is 0 Å². The van der Waals surface area contributed by atoms with Gasteiger partial charge >= 0.3 is 0 Å². The van der Waals surface area contributed by atoms with E-state index in [-0.39, 0.29) is 17.6 Å². The van der Waals surface area contributed by atoms with Crippen molar-refractivity contribution in [2.45, 2.75) is 57.5 Å². The van der Waals surface area contributed by atoms with Gasteiger partial charge in [-0.3, -0.25) is 4.79 Å². The number of rotatable bonds is 5. The first-order valence-electron chi connectivity index (χ1n) is 9.26. The second-order valence-corrected chi connectivity index (χ2v) is 7.49. The predicted molar refractivity (Wildman–Crippen MR) is 92.0 cm³/mol. The second-order valence-electron chi connectivity index (χ2n) is 7.49. The van der Waals surface area contributed by atoms with Crippen LogP contribution in [0.3, 0.4) is 0 Å². The highest BCUT2D eigenvalue weighted by Crippen LogP contribution is 2.44. The van der Waals surface area contributed by atoms with Crippen molar-refractivity contribution in [2.75, 3.05) is 13.1 Å². The Bertz CT molecular complexity index is 574. The number of aliphatic hydroxyl groups is 1. The molecule has 0 bridgehead atoms. The van der Waals surface area contributed by atoms with Crippen molar-refractivity contribution < 1.29 is 14.3 Å². The van der Waals surface area contributed by atoms with Crippen molar-refractivity contribution in [2.24, 2.45) is 11.8 Å². The van der Waals surface area contributed by atoms with Gasteiger partial charge in [0, 0.05) is 25.4 Å². The lowest BCUT2D eigenvalue weighted by Crippen LogP contribution is -2.44.